The Morgan fingerprint density at radius 1 is 1.21 bits per heavy atom. The molecule has 3 rings (SSSR count). The third-order valence-corrected chi connectivity index (χ3v) is 6.45. The Morgan fingerprint density at radius 2 is 1.94 bits per heavy atom. The van der Waals surface area contributed by atoms with Crippen LogP contribution in [0, 0.1) is 12.8 Å². The van der Waals surface area contributed by atoms with Crippen molar-refractivity contribution < 1.29 is 32.2 Å². The van der Waals surface area contributed by atoms with Crippen LogP contribution in [0.2, 0.25) is 0 Å². The van der Waals surface area contributed by atoms with Crippen molar-refractivity contribution in [2.75, 3.05) is 31.7 Å². The molecule has 1 aliphatic rings. The van der Waals surface area contributed by atoms with Crippen molar-refractivity contribution in [2.24, 2.45) is 5.92 Å². The van der Waals surface area contributed by atoms with Crippen LogP contribution in [0.1, 0.15) is 19.4 Å². The molecule has 0 aromatic heterocycles. The van der Waals surface area contributed by atoms with Gasteiger partial charge in [0.15, 0.2) is 6.61 Å². The summed E-state index contributed by atoms with van der Waals surface area (Å²) in [6.45, 7) is 5.56. The fraction of sp³-hybridized carbons (Fsp3) is 0.391. The van der Waals surface area contributed by atoms with Crippen LogP contribution in [0.15, 0.2) is 47.4 Å². The van der Waals surface area contributed by atoms with Gasteiger partial charge >= 0.3 is 5.97 Å². The first kappa shape index (κ1) is 24.5. The average Bonchev–Trinajstić information content (AvgIpc) is 2.80. The summed E-state index contributed by atoms with van der Waals surface area (Å²) in [6.07, 6.45) is -0.946. The van der Waals surface area contributed by atoms with Crippen LogP contribution in [0.3, 0.4) is 0 Å². The number of benzene rings is 2. The monoisotopic (exact) mass is 476 g/mol. The number of sulfonamides is 1. The van der Waals surface area contributed by atoms with Crippen LogP contribution in [-0.4, -0.2) is 53.2 Å². The predicted octanol–water partition coefficient (Wildman–Crippen LogP) is 2.28. The lowest BCUT2D eigenvalue weighted by Gasteiger charge is -2.33. The van der Waals surface area contributed by atoms with E-state index in [1.807, 2.05) is 13.8 Å². The molecule has 0 saturated heterocycles. The van der Waals surface area contributed by atoms with E-state index in [1.165, 1.54) is 30.2 Å². The Bertz CT molecular complexity index is 1130. The number of fused-ring (bicyclic) bond motifs is 1. The number of nitrogens with zero attached hydrogens (tertiary/aromatic N) is 1. The van der Waals surface area contributed by atoms with Gasteiger partial charge in [-0.15, -0.1) is 0 Å². The summed E-state index contributed by atoms with van der Waals surface area (Å²) in [6, 6.07) is 11.4. The number of para-hydroxylation sites is 2. The molecule has 0 spiro atoms. The van der Waals surface area contributed by atoms with Crippen LogP contribution in [0.25, 0.3) is 0 Å². The molecule has 1 aliphatic heterocycles. The third-order valence-electron chi connectivity index (χ3n) is 5.03. The zero-order chi connectivity index (χ0) is 24.2. The highest BCUT2D eigenvalue weighted by atomic mass is 32.2. The van der Waals surface area contributed by atoms with Crippen molar-refractivity contribution in [2.45, 2.75) is 31.8 Å². The number of carbonyl (C=O) groups is 2. The molecule has 33 heavy (non-hydrogen) atoms. The van der Waals surface area contributed by atoms with Crippen LogP contribution in [0.4, 0.5) is 5.69 Å². The lowest BCUT2D eigenvalue weighted by atomic mass is 10.2. The Morgan fingerprint density at radius 3 is 2.61 bits per heavy atom. The van der Waals surface area contributed by atoms with E-state index >= 15 is 0 Å². The minimum atomic E-state index is -3.63. The van der Waals surface area contributed by atoms with Gasteiger partial charge in [-0.05, 0) is 48.7 Å². The van der Waals surface area contributed by atoms with Gasteiger partial charge in [-0.1, -0.05) is 26.0 Å². The van der Waals surface area contributed by atoms with E-state index in [9.17, 15) is 18.0 Å². The zero-order valence-electron chi connectivity index (χ0n) is 19.0. The molecule has 0 aliphatic carbocycles. The molecule has 1 heterocycles. The Balaban J connectivity index is 1.72. The third kappa shape index (κ3) is 5.82. The zero-order valence-corrected chi connectivity index (χ0v) is 19.8. The van der Waals surface area contributed by atoms with Gasteiger partial charge in [0, 0.05) is 6.54 Å². The van der Waals surface area contributed by atoms with Crippen LogP contribution in [0.5, 0.6) is 11.5 Å². The van der Waals surface area contributed by atoms with E-state index in [0.717, 1.165) is 0 Å². The summed E-state index contributed by atoms with van der Waals surface area (Å²) in [5.74, 6) is -0.000704. The number of carbonyl (C=O) groups excluding carboxylic acids is 2. The fourth-order valence-corrected chi connectivity index (χ4v) is 4.55. The second-order valence-electron chi connectivity index (χ2n) is 8.06. The Kier molecular flexibility index (Phi) is 7.60. The number of anilines is 1. The molecule has 0 fully saturated rings. The Labute approximate surface area is 193 Å². The number of amides is 1. The molecule has 0 radical (unpaired) electrons. The van der Waals surface area contributed by atoms with E-state index in [1.54, 1.807) is 31.2 Å². The van der Waals surface area contributed by atoms with E-state index in [-0.39, 0.29) is 29.9 Å². The maximum Gasteiger partial charge on any atom is 0.348 e. The second kappa shape index (κ2) is 10.2. The van der Waals surface area contributed by atoms with Gasteiger partial charge in [-0.25, -0.2) is 17.9 Å². The number of esters is 1. The van der Waals surface area contributed by atoms with Gasteiger partial charge in [0.25, 0.3) is 5.91 Å². The molecular weight excluding hydrogens is 448 g/mol. The first-order valence-electron chi connectivity index (χ1n) is 10.5. The van der Waals surface area contributed by atoms with Gasteiger partial charge in [0.05, 0.1) is 24.2 Å². The SMILES string of the molecule is COC(=O)[C@H]1CN(C(=O)COc2ccc(S(=O)(=O)NCC(C)C)cc2C)c2ccccc2O1. The quantitative estimate of drug-likeness (QED) is 0.582. The standard InChI is InChI=1S/C23H28N2O7S/c1-15(2)12-24-33(28,29)17-9-10-19(16(3)11-17)31-14-22(26)25-13-21(23(27)30-4)32-20-8-6-5-7-18(20)25/h5-11,15,21,24H,12-14H2,1-4H3/t21-/m1/s1. The Hall–Kier alpha value is -3.11. The molecule has 1 N–H and O–H groups in total. The minimum Gasteiger partial charge on any atom is -0.483 e. The molecule has 9 nitrogen and oxygen atoms in total. The first-order valence-corrected chi connectivity index (χ1v) is 12.0. The normalized spacial score (nSPS) is 15.5. The van der Waals surface area contributed by atoms with Crippen molar-refractivity contribution in [3.63, 3.8) is 0 Å². The topological polar surface area (TPSA) is 111 Å². The first-order chi connectivity index (χ1) is 15.6. The van der Waals surface area contributed by atoms with Gasteiger partial charge in [0.2, 0.25) is 16.1 Å². The number of nitrogens with one attached hydrogen (secondary N) is 1. The lowest BCUT2D eigenvalue weighted by Crippen LogP contribution is -2.48. The lowest BCUT2D eigenvalue weighted by molar-refractivity contribution is -0.148. The van der Waals surface area contributed by atoms with E-state index in [2.05, 4.69) is 4.72 Å². The number of ether oxygens (including phenoxy) is 3. The molecule has 0 unspecified atom stereocenters. The number of methoxy groups -OCH3 is 1. The summed E-state index contributed by atoms with van der Waals surface area (Å²) >= 11 is 0. The molecule has 178 valence electrons. The van der Waals surface area contributed by atoms with Gasteiger partial charge in [-0.3, -0.25) is 4.79 Å². The highest BCUT2D eigenvalue weighted by Crippen LogP contribution is 2.33. The fourth-order valence-electron chi connectivity index (χ4n) is 3.25. The summed E-state index contributed by atoms with van der Waals surface area (Å²) in [5, 5.41) is 0. The number of hydrogen-bond donors (Lipinski definition) is 1. The molecule has 2 aromatic rings. The average molecular weight is 477 g/mol. The van der Waals surface area contributed by atoms with Crippen LogP contribution in [-0.2, 0) is 24.3 Å². The van der Waals surface area contributed by atoms with E-state index in [0.29, 0.717) is 29.3 Å². The number of aryl methyl sites for hydroxylation is 1. The van der Waals surface area contributed by atoms with Crippen molar-refractivity contribution in [3.05, 3.63) is 48.0 Å². The van der Waals surface area contributed by atoms with Crippen molar-refractivity contribution in [1.29, 1.82) is 0 Å². The smallest absolute Gasteiger partial charge is 0.348 e. The van der Waals surface area contributed by atoms with E-state index in [4.69, 9.17) is 14.2 Å². The van der Waals surface area contributed by atoms with Gasteiger partial charge < -0.3 is 19.1 Å². The highest BCUT2D eigenvalue weighted by Gasteiger charge is 2.34. The summed E-state index contributed by atoms with van der Waals surface area (Å²) < 4.78 is 43.5. The maximum absolute atomic E-state index is 13.0. The van der Waals surface area contributed by atoms with Crippen molar-refractivity contribution in [3.8, 4) is 11.5 Å². The molecule has 0 saturated carbocycles. The number of hydrogen-bond acceptors (Lipinski definition) is 7. The summed E-state index contributed by atoms with van der Waals surface area (Å²) in [5.41, 5.74) is 1.10. The molecule has 10 heteroatoms. The van der Waals surface area contributed by atoms with Gasteiger partial charge in [0.1, 0.15) is 11.5 Å². The minimum absolute atomic E-state index is 0.0104. The molecule has 0 bridgehead atoms. The molecule has 1 atom stereocenters. The summed E-state index contributed by atoms with van der Waals surface area (Å²) in [4.78, 5) is 26.5. The predicted molar refractivity (Wildman–Crippen MR) is 122 cm³/mol. The largest absolute Gasteiger partial charge is 0.483 e. The maximum atomic E-state index is 13.0. The second-order valence-corrected chi connectivity index (χ2v) is 9.83. The summed E-state index contributed by atoms with van der Waals surface area (Å²) in [7, 11) is -2.38. The van der Waals surface area contributed by atoms with E-state index < -0.39 is 22.1 Å². The van der Waals surface area contributed by atoms with Crippen molar-refractivity contribution in [1.82, 2.24) is 4.72 Å². The molecule has 1 amide bonds. The van der Waals surface area contributed by atoms with Crippen molar-refractivity contribution >= 4 is 27.6 Å². The van der Waals surface area contributed by atoms with Crippen LogP contribution < -0.4 is 19.1 Å². The number of rotatable bonds is 8. The molecule has 2 aromatic carbocycles. The van der Waals surface area contributed by atoms with Gasteiger partial charge in [-0.2, -0.15) is 0 Å². The highest BCUT2D eigenvalue weighted by molar-refractivity contribution is 7.89. The van der Waals surface area contributed by atoms with Crippen LogP contribution >= 0.6 is 0 Å². The molecular formula is C23H28N2O7S.